The van der Waals surface area contributed by atoms with Crippen LogP contribution in [0.4, 0.5) is 0 Å². The van der Waals surface area contributed by atoms with Crippen LogP contribution in [0.25, 0.3) is 32.7 Å². The molecule has 1 fully saturated rings. The molecule has 2 aromatic heterocycles. The molecule has 1 saturated heterocycles. The Labute approximate surface area is 230 Å². The number of piperidine rings is 1. The fourth-order valence-electron chi connectivity index (χ4n) is 4.97. The number of ketones is 1. The third-order valence-electron chi connectivity index (χ3n) is 7.06. The van der Waals surface area contributed by atoms with Gasteiger partial charge >= 0.3 is 5.97 Å². The second-order valence-electron chi connectivity index (χ2n) is 9.25. The lowest BCUT2D eigenvalue weighted by molar-refractivity contribution is -0.126. The van der Waals surface area contributed by atoms with Gasteiger partial charge in [-0.15, -0.1) is 0 Å². The smallest absolute Gasteiger partial charge is 0.337 e. The first-order chi connectivity index (χ1) is 19.5. The summed E-state index contributed by atoms with van der Waals surface area (Å²) in [6.45, 7) is 8.36. The molecular formula is C31H26N4O5. The summed E-state index contributed by atoms with van der Waals surface area (Å²) in [4.78, 5) is 51.5. The van der Waals surface area contributed by atoms with Crippen LogP contribution >= 0.6 is 0 Å². The number of likely N-dealkylation sites (tertiary alicyclic amines) is 1. The van der Waals surface area contributed by atoms with E-state index in [1.165, 1.54) is 31.5 Å². The van der Waals surface area contributed by atoms with Crippen LogP contribution in [0, 0.1) is 6.57 Å². The first-order valence-corrected chi connectivity index (χ1v) is 12.7. The van der Waals surface area contributed by atoms with E-state index >= 15 is 0 Å². The van der Waals surface area contributed by atoms with Crippen LogP contribution in [0.5, 0.6) is 5.75 Å². The van der Waals surface area contributed by atoms with E-state index in [1.54, 1.807) is 24.3 Å². The molecule has 1 aliphatic heterocycles. The number of carbonyl (C=O) groups is 3. The van der Waals surface area contributed by atoms with Crippen LogP contribution < -0.4 is 4.74 Å². The van der Waals surface area contributed by atoms with Gasteiger partial charge in [0.05, 0.1) is 54.7 Å². The molecule has 200 valence electrons. The van der Waals surface area contributed by atoms with E-state index in [9.17, 15) is 14.4 Å². The maximum absolute atomic E-state index is 13.5. The molecule has 5 rings (SSSR count). The highest BCUT2D eigenvalue weighted by Gasteiger charge is 2.30. The molecule has 40 heavy (non-hydrogen) atoms. The van der Waals surface area contributed by atoms with Gasteiger partial charge in [0.25, 0.3) is 11.7 Å². The van der Waals surface area contributed by atoms with Crippen molar-refractivity contribution < 1.29 is 23.9 Å². The van der Waals surface area contributed by atoms with Crippen molar-refractivity contribution in [3.8, 4) is 17.0 Å². The summed E-state index contributed by atoms with van der Waals surface area (Å²) in [5.74, 6) is -1.34. The highest BCUT2D eigenvalue weighted by molar-refractivity contribution is 6.45. The van der Waals surface area contributed by atoms with Gasteiger partial charge in [-0.1, -0.05) is 48.0 Å². The number of carbonyl (C=O) groups excluding carboxylic acids is 3. The highest BCUT2D eigenvalue weighted by Crippen LogP contribution is 2.35. The van der Waals surface area contributed by atoms with Gasteiger partial charge in [0.2, 0.25) is 0 Å². The first kappa shape index (κ1) is 26.4. The number of H-pyrrole nitrogens is 1. The number of fused-ring (bicyclic) bond motifs is 1. The molecule has 1 aliphatic rings. The number of aromatic amines is 1. The van der Waals surface area contributed by atoms with E-state index in [-0.39, 0.29) is 5.56 Å². The van der Waals surface area contributed by atoms with Crippen LogP contribution in [-0.4, -0.2) is 59.8 Å². The number of ether oxygens (including phenoxy) is 2. The van der Waals surface area contributed by atoms with Gasteiger partial charge in [0.1, 0.15) is 5.75 Å². The van der Waals surface area contributed by atoms with Gasteiger partial charge < -0.3 is 19.4 Å². The number of hydrogen-bond acceptors (Lipinski definition) is 6. The van der Waals surface area contributed by atoms with Crippen molar-refractivity contribution in [3.63, 3.8) is 0 Å². The second-order valence-corrected chi connectivity index (χ2v) is 9.25. The molecular weight excluding hydrogens is 508 g/mol. The van der Waals surface area contributed by atoms with Crippen molar-refractivity contribution in [1.82, 2.24) is 14.9 Å². The van der Waals surface area contributed by atoms with Gasteiger partial charge in [0, 0.05) is 24.8 Å². The number of nitrogens with zero attached hydrogens (tertiary/aromatic N) is 3. The highest BCUT2D eigenvalue weighted by atomic mass is 16.5. The third kappa shape index (κ3) is 4.83. The Kier molecular flexibility index (Phi) is 7.42. The van der Waals surface area contributed by atoms with Gasteiger partial charge in [-0.05, 0) is 30.5 Å². The number of esters is 1. The topological polar surface area (TPSA) is 106 Å². The molecule has 1 N–H and O–H groups in total. The van der Waals surface area contributed by atoms with Crippen molar-refractivity contribution in [2.75, 3.05) is 27.3 Å². The summed E-state index contributed by atoms with van der Waals surface area (Å²) < 4.78 is 10.3. The van der Waals surface area contributed by atoms with Gasteiger partial charge in [-0.2, -0.15) is 0 Å². The summed E-state index contributed by atoms with van der Waals surface area (Å²) in [6.07, 6.45) is 4.06. The molecule has 2 aromatic carbocycles. The third-order valence-corrected chi connectivity index (χ3v) is 7.06. The van der Waals surface area contributed by atoms with Crippen LogP contribution in [0.2, 0.25) is 0 Å². The number of amides is 1. The SMILES string of the molecule is [C-]#[N+]C(=C1CCN(C(=O)C(=O)c2c[nH]c3c(-c4ccc(C(=O)OC)cc4)ncc(OC)c23)CC1)c1ccccc1. The summed E-state index contributed by atoms with van der Waals surface area (Å²) in [5, 5.41) is 0.458. The van der Waals surface area contributed by atoms with E-state index in [4.69, 9.17) is 16.0 Å². The Morgan fingerprint density at radius 3 is 2.30 bits per heavy atom. The van der Waals surface area contributed by atoms with Crippen LogP contribution in [0.3, 0.4) is 0 Å². The molecule has 0 aliphatic carbocycles. The number of Topliss-reactive ketones (excluding diaryl/α,β-unsaturated/α-hetero) is 1. The Morgan fingerprint density at radius 1 is 0.975 bits per heavy atom. The van der Waals surface area contributed by atoms with E-state index in [2.05, 4.69) is 14.8 Å². The number of nitrogens with one attached hydrogen (secondary N) is 1. The molecule has 0 bridgehead atoms. The van der Waals surface area contributed by atoms with Gasteiger partial charge in [-0.3, -0.25) is 14.6 Å². The second kappa shape index (κ2) is 11.3. The largest absolute Gasteiger partial charge is 0.494 e. The van der Waals surface area contributed by atoms with Crippen molar-refractivity contribution in [3.05, 3.63) is 101 Å². The van der Waals surface area contributed by atoms with E-state index in [1.807, 2.05) is 30.3 Å². The molecule has 0 spiro atoms. The molecule has 0 atom stereocenters. The fraction of sp³-hybridized carbons (Fsp3) is 0.194. The average molecular weight is 535 g/mol. The summed E-state index contributed by atoms with van der Waals surface area (Å²) in [6, 6.07) is 16.2. The molecule has 0 radical (unpaired) electrons. The van der Waals surface area contributed by atoms with Crippen LogP contribution in [0.1, 0.15) is 39.1 Å². The minimum atomic E-state index is -0.649. The van der Waals surface area contributed by atoms with E-state index < -0.39 is 17.7 Å². The zero-order valence-electron chi connectivity index (χ0n) is 22.1. The van der Waals surface area contributed by atoms with Crippen LogP contribution in [-0.2, 0) is 9.53 Å². The first-order valence-electron chi connectivity index (χ1n) is 12.7. The normalized spacial score (nSPS) is 13.0. The fourth-order valence-corrected chi connectivity index (χ4v) is 4.97. The maximum Gasteiger partial charge on any atom is 0.337 e. The molecule has 9 heteroatoms. The van der Waals surface area contributed by atoms with E-state index in [0.29, 0.717) is 65.1 Å². The Balaban J connectivity index is 1.41. The van der Waals surface area contributed by atoms with Crippen molar-refractivity contribution in [2.24, 2.45) is 0 Å². The molecule has 0 saturated carbocycles. The number of aromatic nitrogens is 2. The number of rotatable bonds is 6. The summed E-state index contributed by atoms with van der Waals surface area (Å²) >= 11 is 0. The van der Waals surface area contributed by atoms with Crippen molar-refractivity contribution >= 4 is 34.3 Å². The molecule has 9 nitrogen and oxygen atoms in total. The zero-order chi connectivity index (χ0) is 28.2. The summed E-state index contributed by atoms with van der Waals surface area (Å²) in [5.41, 5.74) is 4.83. The Bertz CT molecular complexity index is 1670. The average Bonchev–Trinajstić information content (AvgIpc) is 3.46. The number of benzene rings is 2. The standard InChI is InChI=1S/C31H26N4O5/c1-32-26(19-7-5-4-6-8-19)21-13-15-35(16-14-21)30(37)29(36)23-17-33-28-25(23)24(39-2)18-34-27(28)20-9-11-22(12-10-20)31(38)40-3/h4-12,17-18,33H,13-16H2,2-3H3. The lowest BCUT2D eigenvalue weighted by Gasteiger charge is -2.28. The molecule has 3 heterocycles. The summed E-state index contributed by atoms with van der Waals surface area (Å²) in [7, 11) is 2.79. The number of methoxy groups -OCH3 is 2. The van der Waals surface area contributed by atoms with Crippen molar-refractivity contribution in [1.29, 1.82) is 0 Å². The zero-order valence-corrected chi connectivity index (χ0v) is 22.1. The monoisotopic (exact) mass is 534 g/mol. The van der Waals surface area contributed by atoms with E-state index in [0.717, 1.165) is 11.1 Å². The number of hydrogen-bond donors (Lipinski definition) is 1. The Morgan fingerprint density at radius 2 is 1.68 bits per heavy atom. The maximum atomic E-state index is 13.5. The van der Waals surface area contributed by atoms with Gasteiger partial charge in [0.15, 0.2) is 5.70 Å². The molecule has 0 unspecified atom stereocenters. The van der Waals surface area contributed by atoms with Gasteiger partial charge in [-0.25, -0.2) is 9.64 Å². The predicted molar refractivity (Wildman–Crippen MR) is 150 cm³/mol. The quantitative estimate of drug-likeness (QED) is 0.159. The lowest BCUT2D eigenvalue weighted by Crippen LogP contribution is -2.40. The van der Waals surface area contributed by atoms with Crippen LogP contribution in [0.15, 0.2) is 72.6 Å². The molecule has 4 aromatic rings. The minimum Gasteiger partial charge on any atom is -0.494 e. The Hall–Kier alpha value is -5.23. The minimum absolute atomic E-state index is 0.194. The number of pyridine rings is 1. The van der Waals surface area contributed by atoms with Crippen molar-refractivity contribution in [2.45, 2.75) is 12.8 Å². The lowest BCUT2D eigenvalue weighted by atomic mass is 9.97. The predicted octanol–water partition coefficient (Wildman–Crippen LogP) is 5.16. The molecule has 1 amide bonds.